The quantitative estimate of drug-likeness (QED) is 0.594. The van der Waals surface area contributed by atoms with E-state index >= 15 is 0 Å². The second-order valence-corrected chi connectivity index (χ2v) is 3.55. The second kappa shape index (κ2) is 5.82. The standard InChI is InChI=1S/C8H11F2N3OS/c1-15-7-2-6(12-4-13-7)11-3-5(14)8(9)10/h2,4-5,8,14H,3H2,1H3,(H,11,12,13). The van der Waals surface area contributed by atoms with Crippen molar-refractivity contribution in [2.24, 2.45) is 0 Å². The Bertz CT molecular complexity index is 314. The van der Waals surface area contributed by atoms with E-state index in [0.29, 0.717) is 5.82 Å². The van der Waals surface area contributed by atoms with E-state index in [-0.39, 0.29) is 6.54 Å². The predicted molar refractivity (Wildman–Crippen MR) is 54.3 cm³/mol. The molecule has 1 heterocycles. The van der Waals surface area contributed by atoms with Gasteiger partial charge in [0.05, 0.1) is 0 Å². The van der Waals surface area contributed by atoms with Crippen molar-refractivity contribution in [3.05, 3.63) is 12.4 Å². The van der Waals surface area contributed by atoms with E-state index in [1.54, 1.807) is 6.07 Å². The van der Waals surface area contributed by atoms with Crippen molar-refractivity contribution >= 4 is 17.6 Å². The molecule has 0 aliphatic carbocycles. The lowest BCUT2D eigenvalue weighted by Crippen LogP contribution is -2.27. The lowest BCUT2D eigenvalue weighted by Gasteiger charge is -2.10. The normalized spacial score (nSPS) is 12.9. The summed E-state index contributed by atoms with van der Waals surface area (Å²) in [6.45, 7) is -0.234. The molecule has 0 spiro atoms. The molecule has 7 heteroatoms. The molecule has 84 valence electrons. The number of anilines is 1. The van der Waals surface area contributed by atoms with Gasteiger partial charge in [0, 0.05) is 12.6 Å². The molecule has 0 bridgehead atoms. The van der Waals surface area contributed by atoms with Crippen LogP contribution in [0.3, 0.4) is 0 Å². The third-order valence-corrected chi connectivity index (χ3v) is 2.28. The van der Waals surface area contributed by atoms with Crippen molar-refractivity contribution in [3.63, 3.8) is 0 Å². The highest BCUT2D eigenvalue weighted by Crippen LogP contribution is 2.13. The summed E-state index contributed by atoms with van der Waals surface area (Å²) in [4.78, 5) is 7.75. The molecule has 0 radical (unpaired) electrons. The molecule has 0 aromatic carbocycles. The lowest BCUT2D eigenvalue weighted by atomic mass is 10.3. The van der Waals surface area contributed by atoms with Gasteiger partial charge in [-0.25, -0.2) is 18.7 Å². The molecule has 0 fully saturated rings. The summed E-state index contributed by atoms with van der Waals surface area (Å²) in [7, 11) is 0. The predicted octanol–water partition coefficient (Wildman–Crippen LogP) is 1.24. The molecule has 0 saturated heterocycles. The Morgan fingerprint density at radius 1 is 1.53 bits per heavy atom. The van der Waals surface area contributed by atoms with Crippen LogP contribution in [0.2, 0.25) is 0 Å². The summed E-state index contributed by atoms with van der Waals surface area (Å²) < 4.78 is 23.9. The maximum atomic E-state index is 11.9. The average molecular weight is 235 g/mol. The molecule has 1 atom stereocenters. The van der Waals surface area contributed by atoms with E-state index in [1.807, 2.05) is 6.26 Å². The van der Waals surface area contributed by atoms with Crippen molar-refractivity contribution in [3.8, 4) is 0 Å². The lowest BCUT2D eigenvalue weighted by molar-refractivity contribution is 0.00380. The van der Waals surface area contributed by atoms with E-state index in [2.05, 4.69) is 15.3 Å². The van der Waals surface area contributed by atoms with Gasteiger partial charge in [-0.15, -0.1) is 11.8 Å². The van der Waals surface area contributed by atoms with Gasteiger partial charge in [-0.1, -0.05) is 0 Å². The van der Waals surface area contributed by atoms with Crippen molar-refractivity contribution in [1.29, 1.82) is 0 Å². The van der Waals surface area contributed by atoms with E-state index in [0.717, 1.165) is 5.03 Å². The molecule has 1 unspecified atom stereocenters. The fraction of sp³-hybridized carbons (Fsp3) is 0.500. The third-order valence-electron chi connectivity index (χ3n) is 1.63. The van der Waals surface area contributed by atoms with Crippen molar-refractivity contribution in [2.75, 3.05) is 18.1 Å². The van der Waals surface area contributed by atoms with Gasteiger partial charge in [-0.05, 0) is 6.26 Å². The number of nitrogens with zero attached hydrogens (tertiary/aromatic N) is 2. The minimum Gasteiger partial charge on any atom is -0.385 e. The number of thioether (sulfide) groups is 1. The number of aliphatic hydroxyl groups excluding tert-OH is 1. The summed E-state index contributed by atoms with van der Waals surface area (Å²) in [5.41, 5.74) is 0. The molecular weight excluding hydrogens is 224 g/mol. The van der Waals surface area contributed by atoms with Crippen LogP contribution in [-0.2, 0) is 0 Å². The highest BCUT2D eigenvalue weighted by atomic mass is 32.2. The van der Waals surface area contributed by atoms with Crippen LogP contribution in [0.4, 0.5) is 14.6 Å². The van der Waals surface area contributed by atoms with Crippen LogP contribution in [0.15, 0.2) is 17.4 Å². The summed E-state index contributed by atoms with van der Waals surface area (Å²) >= 11 is 1.42. The van der Waals surface area contributed by atoms with Crippen molar-refractivity contribution in [2.45, 2.75) is 17.6 Å². The number of rotatable bonds is 5. The Morgan fingerprint density at radius 2 is 2.27 bits per heavy atom. The molecule has 15 heavy (non-hydrogen) atoms. The molecule has 1 rings (SSSR count). The van der Waals surface area contributed by atoms with Gasteiger partial charge < -0.3 is 10.4 Å². The first kappa shape index (κ1) is 12.1. The van der Waals surface area contributed by atoms with Crippen LogP contribution in [0.1, 0.15) is 0 Å². The van der Waals surface area contributed by atoms with Crippen LogP contribution in [0.25, 0.3) is 0 Å². The molecule has 0 saturated carbocycles. The smallest absolute Gasteiger partial charge is 0.265 e. The fourth-order valence-electron chi connectivity index (χ4n) is 0.846. The number of hydrogen-bond acceptors (Lipinski definition) is 5. The number of nitrogens with one attached hydrogen (secondary N) is 1. The van der Waals surface area contributed by atoms with Crippen molar-refractivity contribution in [1.82, 2.24) is 9.97 Å². The van der Waals surface area contributed by atoms with E-state index in [1.165, 1.54) is 18.1 Å². The van der Waals surface area contributed by atoms with Crippen LogP contribution in [0, 0.1) is 0 Å². The zero-order valence-corrected chi connectivity index (χ0v) is 8.84. The maximum Gasteiger partial charge on any atom is 0.265 e. The Hall–Kier alpha value is -0.950. The molecule has 2 N–H and O–H groups in total. The molecule has 1 aromatic rings. The minimum atomic E-state index is -2.75. The number of hydrogen-bond donors (Lipinski definition) is 2. The van der Waals surface area contributed by atoms with E-state index < -0.39 is 12.5 Å². The zero-order chi connectivity index (χ0) is 11.3. The highest BCUT2D eigenvalue weighted by Gasteiger charge is 2.16. The number of halogens is 2. The van der Waals surface area contributed by atoms with Crippen molar-refractivity contribution < 1.29 is 13.9 Å². The fourth-order valence-corrected chi connectivity index (χ4v) is 1.23. The first-order valence-electron chi connectivity index (χ1n) is 4.19. The minimum absolute atomic E-state index is 0.234. The first-order valence-corrected chi connectivity index (χ1v) is 5.42. The summed E-state index contributed by atoms with van der Waals surface area (Å²) in [5, 5.41) is 12.2. The van der Waals surface area contributed by atoms with Gasteiger partial charge in [-0.2, -0.15) is 0 Å². The number of aromatic nitrogens is 2. The molecule has 1 aromatic heterocycles. The van der Waals surface area contributed by atoms with Gasteiger partial charge in [0.1, 0.15) is 23.3 Å². The zero-order valence-electron chi connectivity index (χ0n) is 8.02. The van der Waals surface area contributed by atoms with Gasteiger partial charge in [-0.3, -0.25) is 0 Å². The van der Waals surface area contributed by atoms with Crippen LogP contribution < -0.4 is 5.32 Å². The average Bonchev–Trinajstić information content (AvgIpc) is 2.26. The Kier molecular flexibility index (Phi) is 4.70. The van der Waals surface area contributed by atoms with Crippen LogP contribution in [-0.4, -0.2) is 40.4 Å². The molecule has 0 aliphatic rings. The Labute approximate surface area is 90.1 Å². The SMILES string of the molecule is CSc1cc(NCC(O)C(F)F)ncn1. The van der Waals surface area contributed by atoms with E-state index in [9.17, 15) is 8.78 Å². The Morgan fingerprint density at radius 3 is 2.87 bits per heavy atom. The molecule has 4 nitrogen and oxygen atoms in total. The molecule has 0 amide bonds. The summed E-state index contributed by atoms with van der Waals surface area (Å²) in [5.74, 6) is 0.425. The van der Waals surface area contributed by atoms with Crippen LogP contribution >= 0.6 is 11.8 Å². The number of alkyl halides is 2. The second-order valence-electron chi connectivity index (χ2n) is 2.73. The third kappa shape index (κ3) is 3.96. The van der Waals surface area contributed by atoms with Gasteiger partial charge >= 0.3 is 0 Å². The monoisotopic (exact) mass is 235 g/mol. The summed E-state index contributed by atoms with van der Waals surface area (Å²) in [6, 6.07) is 1.63. The van der Waals surface area contributed by atoms with E-state index in [4.69, 9.17) is 5.11 Å². The number of aliphatic hydroxyl groups is 1. The van der Waals surface area contributed by atoms with Gasteiger partial charge in [0.2, 0.25) is 0 Å². The maximum absolute atomic E-state index is 11.9. The van der Waals surface area contributed by atoms with Gasteiger partial charge in [0.25, 0.3) is 6.43 Å². The van der Waals surface area contributed by atoms with Crippen LogP contribution in [0.5, 0.6) is 0 Å². The molecule has 0 aliphatic heterocycles. The summed E-state index contributed by atoms with van der Waals surface area (Å²) in [6.07, 6.45) is -1.25. The highest BCUT2D eigenvalue weighted by molar-refractivity contribution is 7.98. The largest absolute Gasteiger partial charge is 0.385 e. The first-order chi connectivity index (χ1) is 7.13. The topological polar surface area (TPSA) is 58.0 Å². The van der Waals surface area contributed by atoms with Gasteiger partial charge in [0.15, 0.2) is 0 Å². The Balaban J connectivity index is 2.50. The molecular formula is C8H11F2N3OS.